The third-order valence-corrected chi connectivity index (χ3v) is 5.75. The number of unbranched alkanes of at least 4 members (excludes halogenated alkanes) is 1. The number of piperidine rings is 2. The third kappa shape index (κ3) is 5.28. The highest BCUT2D eigenvalue weighted by Crippen LogP contribution is 2.39. The minimum atomic E-state index is 0.0261. The number of rotatable bonds is 7. The Bertz CT molecular complexity index is 637. The van der Waals surface area contributed by atoms with Gasteiger partial charge < -0.3 is 14.5 Å². The van der Waals surface area contributed by atoms with Crippen LogP contribution in [0.2, 0.25) is 0 Å². The molecule has 0 aliphatic carbocycles. The quantitative estimate of drug-likeness (QED) is 0.689. The molecule has 2 saturated heterocycles. The average molecular weight is 373 g/mol. The van der Waals surface area contributed by atoms with Crippen LogP contribution in [-0.2, 0) is 20.9 Å². The van der Waals surface area contributed by atoms with Crippen molar-refractivity contribution in [2.24, 2.45) is 5.41 Å². The minimum absolute atomic E-state index is 0.0261. The number of aromatic nitrogens is 1. The summed E-state index contributed by atoms with van der Waals surface area (Å²) < 4.78 is 5.52. The molecule has 2 aliphatic rings. The molecule has 1 unspecified atom stereocenters. The van der Waals surface area contributed by atoms with Crippen molar-refractivity contribution < 1.29 is 14.3 Å². The van der Waals surface area contributed by atoms with E-state index in [9.17, 15) is 9.59 Å². The van der Waals surface area contributed by atoms with E-state index in [2.05, 4.69) is 11.9 Å². The molecule has 3 heterocycles. The Morgan fingerprint density at radius 2 is 2.07 bits per heavy atom. The van der Waals surface area contributed by atoms with E-state index in [0.717, 1.165) is 57.3 Å². The lowest BCUT2D eigenvalue weighted by atomic mass is 9.73. The summed E-state index contributed by atoms with van der Waals surface area (Å²) in [6.45, 7) is 5.83. The number of ether oxygens (including phenoxy) is 1. The Balaban J connectivity index is 1.59. The van der Waals surface area contributed by atoms with Gasteiger partial charge in [-0.15, -0.1) is 0 Å². The number of carbonyl (C=O) groups excluding carboxylic acids is 2. The maximum atomic E-state index is 12.5. The molecule has 6 heteroatoms. The molecular weight excluding hydrogens is 342 g/mol. The lowest BCUT2D eigenvalue weighted by molar-refractivity contribution is -0.145. The second-order valence-electron chi connectivity index (χ2n) is 7.93. The molecular formula is C21H31N3O3. The summed E-state index contributed by atoms with van der Waals surface area (Å²) in [6, 6.07) is 3.91. The molecule has 27 heavy (non-hydrogen) atoms. The zero-order chi connectivity index (χ0) is 19.1. The summed E-state index contributed by atoms with van der Waals surface area (Å²) in [7, 11) is 0. The molecule has 1 aromatic rings. The van der Waals surface area contributed by atoms with E-state index in [-0.39, 0.29) is 23.8 Å². The first-order chi connectivity index (χ1) is 13.1. The van der Waals surface area contributed by atoms with Crippen molar-refractivity contribution in [2.75, 3.05) is 32.8 Å². The lowest BCUT2D eigenvalue weighted by Crippen LogP contribution is -2.55. The topological polar surface area (TPSA) is 62.7 Å². The predicted molar refractivity (Wildman–Crippen MR) is 103 cm³/mol. The summed E-state index contributed by atoms with van der Waals surface area (Å²) in [5.41, 5.74) is 1.13. The standard InChI is InChI=1S/C21H31N3O3/c1-2-3-13-27-15-20(26)23-12-4-8-21(16-23)9-5-19(25)24(17-21)14-18-6-10-22-11-7-18/h6-7,10-11H,2-5,8-9,12-17H2,1H3. The molecule has 2 fully saturated rings. The highest BCUT2D eigenvalue weighted by molar-refractivity contribution is 5.78. The molecule has 1 aromatic heterocycles. The summed E-state index contributed by atoms with van der Waals surface area (Å²) in [5.74, 6) is 0.298. The van der Waals surface area contributed by atoms with Crippen molar-refractivity contribution in [1.29, 1.82) is 0 Å². The summed E-state index contributed by atoms with van der Waals surface area (Å²) in [6.07, 6.45) is 9.11. The maximum absolute atomic E-state index is 12.5. The largest absolute Gasteiger partial charge is 0.372 e. The van der Waals surface area contributed by atoms with Gasteiger partial charge in [0.05, 0.1) is 0 Å². The first-order valence-corrected chi connectivity index (χ1v) is 10.1. The number of hydrogen-bond acceptors (Lipinski definition) is 4. The van der Waals surface area contributed by atoms with E-state index >= 15 is 0 Å². The number of hydrogen-bond donors (Lipinski definition) is 0. The highest BCUT2D eigenvalue weighted by atomic mass is 16.5. The van der Waals surface area contributed by atoms with E-state index < -0.39 is 0 Å². The minimum Gasteiger partial charge on any atom is -0.372 e. The van der Waals surface area contributed by atoms with Gasteiger partial charge in [-0.25, -0.2) is 0 Å². The van der Waals surface area contributed by atoms with Gasteiger partial charge in [0.2, 0.25) is 11.8 Å². The van der Waals surface area contributed by atoms with Crippen LogP contribution in [0.25, 0.3) is 0 Å². The number of carbonyl (C=O) groups is 2. The Labute approximate surface area is 161 Å². The zero-order valence-corrected chi connectivity index (χ0v) is 16.4. The smallest absolute Gasteiger partial charge is 0.248 e. The summed E-state index contributed by atoms with van der Waals surface area (Å²) >= 11 is 0. The van der Waals surface area contributed by atoms with Gasteiger partial charge in [-0.2, -0.15) is 0 Å². The fourth-order valence-corrected chi connectivity index (χ4v) is 4.21. The van der Waals surface area contributed by atoms with E-state index in [4.69, 9.17) is 4.74 Å². The van der Waals surface area contributed by atoms with Crippen molar-refractivity contribution in [3.63, 3.8) is 0 Å². The predicted octanol–water partition coefficient (Wildman–Crippen LogP) is 2.63. The van der Waals surface area contributed by atoms with Crippen LogP contribution in [0.5, 0.6) is 0 Å². The molecule has 1 spiro atoms. The number of amides is 2. The lowest BCUT2D eigenvalue weighted by Gasteiger charge is -2.48. The van der Waals surface area contributed by atoms with E-state index in [1.807, 2.05) is 21.9 Å². The van der Waals surface area contributed by atoms with Gasteiger partial charge in [-0.1, -0.05) is 13.3 Å². The van der Waals surface area contributed by atoms with Gasteiger partial charge in [-0.3, -0.25) is 14.6 Å². The van der Waals surface area contributed by atoms with E-state index in [0.29, 0.717) is 19.6 Å². The fourth-order valence-electron chi connectivity index (χ4n) is 4.21. The Morgan fingerprint density at radius 3 is 2.85 bits per heavy atom. The Kier molecular flexibility index (Phi) is 6.83. The van der Waals surface area contributed by atoms with Crippen LogP contribution < -0.4 is 0 Å². The number of nitrogens with zero attached hydrogens (tertiary/aromatic N) is 3. The zero-order valence-electron chi connectivity index (χ0n) is 16.4. The van der Waals surface area contributed by atoms with Crippen molar-refractivity contribution in [3.05, 3.63) is 30.1 Å². The molecule has 3 rings (SSSR count). The molecule has 1 atom stereocenters. The monoisotopic (exact) mass is 373 g/mol. The van der Waals surface area contributed by atoms with Gasteiger partial charge >= 0.3 is 0 Å². The van der Waals surface area contributed by atoms with Crippen molar-refractivity contribution in [1.82, 2.24) is 14.8 Å². The average Bonchev–Trinajstić information content (AvgIpc) is 2.69. The van der Waals surface area contributed by atoms with Crippen molar-refractivity contribution in [2.45, 2.75) is 52.0 Å². The highest BCUT2D eigenvalue weighted by Gasteiger charge is 2.42. The van der Waals surface area contributed by atoms with Crippen LogP contribution in [0.1, 0.15) is 51.0 Å². The van der Waals surface area contributed by atoms with Gasteiger partial charge in [0.25, 0.3) is 0 Å². The van der Waals surface area contributed by atoms with E-state index in [1.54, 1.807) is 12.4 Å². The van der Waals surface area contributed by atoms with Gasteiger partial charge in [0.1, 0.15) is 6.61 Å². The second-order valence-corrected chi connectivity index (χ2v) is 7.93. The third-order valence-electron chi connectivity index (χ3n) is 5.75. The Hall–Kier alpha value is -1.95. The summed E-state index contributed by atoms with van der Waals surface area (Å²) in [4.78, 5) is 33.0. The number of likely N-dealkylation sites (tertiary alicyclic amines) is 2. The molecule has 148 valence electrons. The molecule has 6 nitrogen and oxygen atoms in total. The van der Waals surface area contributed by atoms with Crippen LogP contribution in [-0.4, -0.2) is 59.4 Å². The van der Waals surface area contributed by atoms with Gasteiger partial charge in [0.15, 0.2) is 0 Å². The van der Waals surface area contributed by atoms with Crippen LogP contribution in [0, 0.1) is 5.41 Å². The first kappa shape index (κ1) is 19.8. The van der Waals surface area contributed by atoms with Crippen LogP contribution in [0.4, 0.5) is 0 Å². The fraction of sp³-hybridized carbons (Fsp3) is 0.667. The molecule has 2 aliphatic heterocycles. The normalized spacial score (nSPS) is 23.1. The molecule has 0 bridgehead atoms. The molecule has 0 N–H and O–H groups in total. The first-order valence-electron chi connectivity index (χ1n) is 10.1. The summed E-state index contributed by atoms with van der Waals surface area (Å²) in [5, 5.41) is 0. The molecule has 0 aromatic carbocycles. The Morgan fingerprint density at radius 1 is 1.26 bits per heavy atom. The van der Waals surface area contributed by atoms with Crippen LogP contribution >= 0.6 is 0 Å². The number of pyridine rings is 1. The van der Waals surface area contributed by atoms with Crippen molar-refractivity contribution in [3.8, 4) is 0 Å². The van der Waals surface area contributed by atoms with Crippen LogP contribution in [0.3, 0.4) is 0 Å². The molecule has 2 amide bonds. The van der Waals surface area contributed by atoms with Gasteiger partial charge in [0, 0.05) is 57.0 Å². The van der Waals surface area contributed by atoms with Gasteiger partial charge in [-0.05, 0) is 43.4 Å². The molecule has 0 saturated carbocycles. The SMILES string of the molecule is CCCCOCC(=O)N1CCCC2(CCC(=O)N(Cc3ccncc3)C2)C1. The van der Waals surface area contributed by atoms with Crippen molar-refractivity contribution >= 4 is 11.8 Å². The molecule has 0 radical (unpaired) electrons. The van der Waals surface area contributed by atoms with Crippen LogP contribution in [0.15, 0.2) is 24.5 Å². The maximum Gasteiger partial charge on any atom is 0.248 e. The second kappa shape index (κ2) is 9.31. The van der Waals surface area contributed by atoms with E-state index in [1.165, 1.54) is 0 Å².